The van der Waals surface area contributed by atoms with Gasteiger partial charge in [0, 0.05) is 37.3 Å². The second kappa shape index (κ2) is 5.95. The summed E-state index contributed by atoms with van der Waals surface area (Å²) in [7, 11) is -4.31. The quantitative estimate of drug-likeness (QED) is 0.845. The van der Waals surface area contributed by atoms with E-state index in [1.165, 1.54) is 0 Å². The van der Waals surface area contributed by atoms with Crippen molar-refractivity contribution in [2.24, 2.45) is 0 Å². The Morgan fingerprint density at radius 1 is 1.65 bits per heavy atom. The van der Waals surface area contributed by atoms with Crippen molar-refractivity contribution >= 4 is 20.9 Å². The Morgan fingerprint density at radius 3 is 3.25 bits per heavy atom. The fourth-order valence-corrected chi connectivity index (χ4v) is 1.96. The Kier molecular flexibility index (Phi) is 1.36. The number of aromatic nitrogens is 1. The van der Waals surface area contributed by atoms with Gasteiger partial charge in [-0.2, -0.15) is 0 Å². The first-order chi connectivity index (χ1) is 15.8. The lowest BCUT2D eigenvalue weighted by Crippen LogP contribution is -2.20. The smallest absolute Gasteiger partial charge is 0.215 e. The molecule has 0 fully saturated rings. The maximum absolute atomic E-state index is 12.5. The van der Waals surface area contributed by atoms with Crippen LogP contribution in [0.3, 0.4) is 0 Å². The van der Waals surface area contributed by atoms with Gasteiger partial charge in [-0.25, -0.2) is 13.1 Å². The van der Waals surface area contributed by atoms with Crippen molar-refractivity contribution in [3.63, 3.8) is 0 Å². The zero-order valence-electron chi connectivity index (χ0n) is 26.3. The number of hydrogen-bond acceptors (Lipinski definition) is 3. The molecule has 0 atom stereocenters. The van der Waals surface area contributed by atoms with Gasteiger partial charge in [-0.1, -0.05) is 6.04 Å². The van der Waals surface area contributed by atoms with Gasteiger partial charge in [0.25, 0.3) is 0 Å². The maximum Gasteiger partial charge on any atom is 0.215 e. The van der Waals surface area contributed by atoms with E-state index in [2.05, 4.69) is 0 Å². The summed E-state index contributed by atoms with van der Waals surface area (Å²) in [6, 6.07) is -2.96. The third-order valence-corrected chi connectivity index (χ3v) is 3.12. The molecule has 6 heteroatoms. The van der Waals surface area contributed by atoms with Crippen LogP contribution in [0.25, 0.3) is 10.9 Å². The second-order valence-corrected chi connectivity index (χ2v) is 5.42. The van der Waals surface area contributed by atoms with Crippen molar-refractivity contribution in [3.8, 4) is 0 Å². The van der Waals surface area contributed by atoms with Crippen molar-refractivity contribution in [1.29, 1.82) is 0 Å². The van der Waals surface area contributed by atoms with Gasteiger partial charge in [-0.15, -0.1) is 0 Å². The molecule has 20 heavy (non-hydrogen) atoms. The Bertz CT molecular complexity index is 1300. The minimum atomic E-state index is -5.05. The van der Waals surface area contributed by atoms with Gasteiger partial charge in [-0.3, -0.25) is 0 Å². The molecule has 2 N–H and O–H groups in total. The molecule has 0 spiro atoms. The van der Waals surface area contributed by atoms with Gasteiger partial charge in [0.2, 0.25) is 10.0 Å². The highest BCUT2D eigenvalue weighted by Crippen LogP contribution is 2.21. The summed E-state index contributed by atoms with van der Waals surface area (Å²) in [6.45, 7) is -10.0. The van der Waals surface area contributed by atoms with Crippen LogP contribution >= 0.6 is 0 Å². The number of nitrogens with zero attached hydrogens (tertiary/aromatic N) is 1. The molecule has 0 aliphatic heterocycles. The number of H-pyrrole nitrogens is 1. The van der Waals surface area contributed by atoms with Gasteiger partial charge in [0.15, 0.2) is 1.41 Å². The Balaban J connectivity index is 2.97. The van der Waals surface area contributed by atoms with Gasteiger partial charge < -0.3 is 9.88 Å². The summed E-state index contributed by atoms with van der Waals surface area (Å²) in [6.07, 6.45) is -4.54. The fourth-order valence-electron chi connectivity index (χ4n) is 1.39. The monoisotopic (exact) mass is 311 g/mol. The SMILES string of the molecule is [2H]c1c(CS(=O)(=O)N([2H])C([2H])([2H])[2H])c([2H])c2c(C([2H])([2H])C([2H])([2H])N(C)C([2H])([2H])[2H])c([2H])n([2H])c2c1[2H]. The first-order valence-electron chi connectivity index (χ1n) is 13.1. The first kappa shape index (κ1) is 4.56. The molecule has 0 saturated carbocycles. The van der Waals surface area contributed by atoms with E-state index in [0.29, 0.717) is 0 Å². The normalized spacial score (nSPS) is 26.9. The molecule has 2 rings (SSSR count). The molecule has 0 saturated heterocycles. The van der Waals surface area contributed by atoms with Crippen LogP contribution < -0.4 is 4.72 Å². The van der Waals surface area contributed by atoms with Crippen molar-refractivity contribution in [1.82, 2.24) is 14.6 Å². The minimum Gasteiger partial charge on any atom is -0.361 e. The van der Waals surface area contributed by atoms with E-state index in [4.69, 9.17) is 22.0 Å². The van der Waals surface area contributed by atoms with Crippen molar-refractivity contribution in [3.05, 3.63) is 35.4 Å². The minimum absolute atomic E-state index is 0.0519. The largest absolute Gasteiger partial charge is 0.361 e. The summed E-state index contributed by atoms with van der Waals surface area (Å²) in [5.41, 5.74) is -2.63. The average Bonchev–Trinajstić information content (AvgIpc) is 2.98. The fraction of sp³-hybridized carbons (Fsp3) is 0.429. The van der Waals surface area contributed by atoms with Crippen LogP contribution in [0, 0.1) is 0 Å². The third-order valence-electron chi connectivity index (χ3n) is 2.19. The number of benzene rings is 1. The number of aryl methyl sites for hydroxylation is 1. The van der Waals surface area contributed by atoms with Crippen LogP contribution in [0.5, 0.6) is 0 Å². The topological polar surface area (TPSA) is 65.2 Å². The summed E-state index contributed by atoms with van der Waals surface area (Å²) in [5, 5.41) is -0.806. The Labute approximate surface area is 142 Å². The Hall–Kier alpha value is -1.37. The standard InChI is InChI=1S/C14H21N3O2S/c1-15-20(18,19)10-11-4-5-14-13(8-11)12(9-16-14)6-7-17(2)3/h4-5,8-9,15-16H,6-7,10H2,1-3H3/i1D3,2D3,4D,5D,6D2,7D2,8D,9D/hD2. The molecule has 0 radical (unpaired) electrons. The highest BCUT2D eigenvalue weighted by Gasteiger charge is 2.11. The summed E-state index contributed by atoms with van der Waals surface area (Å²) in [4.78, 5) is 0.181. The molecule has 2 aromatic rings. The van der Waals surface area contributed by atoms with Gasteiger partial charge >= 0.3 is 0 Å². The number of rotatable bonds is 6. The zero-order valence-corrected chi connectivity index (χ0v) is 11.1. The molecular formula is C14H21N3O2S. The lowest BCUT2D eigenvalue weighted by atomic mass is 10.1. The zero-order chi connectivity index (χ0) is 28.6. The van der Waals surface area contributed by atoms with Gasteiger partial charge in [0.1, 0.15) is 1.41 Å². The number of likely N-dealkylation sites (N-methyl/N-ethyl adjacent to an activating group) is 1. The van der Waals surface area contributed by atoms with Crippen molar-refractivity contribution in [2.75, 3.05) is 27.5 Å². The summed E-state index contributed by atoms with van der Waals surface area (Å²) in [5.74, 6) is -1.46. The predicted octanol–water partition coefficient (Wildman–Crippen LogP) is 1.32. The van der Waals surface area contributed by atoms with E-state index in [1.54, 1.807) is 0 Å². The van der Waals surface area contributed by atoms with E-state index in [1.807, 2.05) is 0 Å². The van der Waals surface area contributed by atoms with E-state index in [9.17, 15) is 8.42 Å². The van der Waals surface area contributed by atoms with Crippen LogP contribution in [0.2, 0.25) is 2.82 Å². The third kappa shape index (κ3) is 3.59. The molecule has 1 heterocycles. The van der Waals surface area contributed by atoms with Crippen LogP contribution in [0.4, 0.5) is 0 Å². The number of sulfonamides is 1. The van der Waals surface area contributed by atoms with E-state index in [-0.39, 0.29) is 9.88 Å². The first-order valence-corrected chi connectivity index (χ1v) is 6.83. The maximum atomic E-state index is 12.5. The molecule has 5 nitrogen and oxygen atoms in total. The number of aromatic amines is 1. The molecule has 1 aromatic carbocycles. The molecule has 0 aliphatic carbocycles. The Morgan fingerprint density at radius 2 is 2.50 bits per heavy atom. The molecular weight excluding hydrogens is 274 g/mol. The highest BCUT2D eigenvalue weighted by molar-refractivity contribution is 7.88. The van der Waals surface area contributed by atoms with E-state index >= 15 is 0 Å². The van der Waals surface area contributed by atoms with Crippen LogP contribution in [-0.4, -0.2) is 45.8 Å². The van der Waals surface area contributed by atoms with E-state index < -0.39 is 93.6 Å². The second-order valence-electron chi connectivity index (χ2n) is 3.79. The lowest BCUT2D eigenvalue weighted by Gasteiger charge is -2.08. The lowest BCUT2D eigenvalue weighted by molar-refractivity contribution is 0.414. The number of hydrogen-bond donors (Lipinski definition) is 2. The molecule has 0 bridgehead atoms. The van der Waals surface area contributed by atoms with Crippen LogP contribution in [0.15, 0.2) is 24.3 Å². The molecule has 0 aliphatic rings. The molecule has 1 aromatic heterocycles. The summed E-state index contributed by atoms with van der Waals surface area (Å²) >= 11 is 0. The number of fused-ring (bicyclic) bond motifs is 1. The molecule has 0 amide bonds. The van der Waals surface area contributed by atoms with Crippen LogP contribution in [0.1, 0.15) is 30.3 Å². The molecule has 110 valence electrons. The average molecular weight is 312 g/mol. The van der Waals surface area contributed by atoms with E-state index in [0.717, 1.165) is 7.05 Å². The number of nitrogens with one attached hydrogen (secondary N) is 2. The predicted molar refractivity (Wildman–Crippen MR) is 82.2 cm³/mol. The van der Waals surface area contributed by atoms with Gasteiger partial charge in [0.05, 0.1) is 11.2 Å². The van der Waals surface area contributed by atoms with Crippen LogP contribution in [-0.2, 0) is 22.1 Å². The highest BCUT2D eigenvalue weighted by atomic mass is 32.2. The summed E-state index contributed by atoms with van der Waals surface area (Å²) < 4.78 is 149. The molecule has 0 unspecified atom stereocenters. The van der Waals surface area contributed by atoms with Gasteiger partial charge in [-0.05, 0) is 50.6 Å². The van der Waals surface area contributed by atoms with Crippen molar-refractivity contribution in [2.45, 2.75) is 12.1 Å². The van der Waals surface area contributed by atoms with Crippen molar-refractivity contribution < 1.29 is 30.4 Å².